The van der Waals surface area contributed by atoms with Crippen LogP contribution in [0.4, 0.5) is 5.69 Å². The highest BCUT2D eigenvalue weighted by Gasteiger charge is 2.49. The molecule has 2 saturated heterocycles. The highest BCUT2D eigenvalue weighted by Crippen LogP contribution is 2.49. The van der Waals surface area contributed by atoms with Gasteiger partial charge in [-0.2, -0.15) is 4.98 Å². The summed E-state index contributed by atoms with van der Waals surface area (Å²) in [5.74, 6) is 0.691. The largest absolute Gasteiger partial charge is 0.492 e. The van der Waals surface area contributed by atoms with Gasteiger partial charge in [-0.15, -0.1) is 0 Å². The fourth-order valence-electron chi connectivity index (χ4n) is 13.9. The first-order chi connectivity index (χ1) is 44.6. The Morgan fingerprint density at radius 1 is 0.692 bits per heavy atom. The lowest BCUT2D eigenvalue weighted by atomic mass is 9.81. The number of aryl methyl sites for hydroxylation is 2. The van der Waals surface area contributed by atoms with Gasteiger partial charge in [0.15, 0.2) is 11.8 Å². The highest BCUT2D eigenvalue weighted by molar-refractivity contribution is 6.33. The average Bonchev–Trinajstić information content (AvgIpc) is 1.46. The summed E-state index contributed by atoms with van der Waals surface area (Å²) in [6.07, 6.45) is 6.00. The number of benzene rings is 5. The molecule has 0 spiro atoms. The quantitative estimate of drug-likeness (QED) is 0.0326. The summed E-state index contributed by atoms with van der Waals surface area (Å²) in [6.45, 7) is 7.42. The molecule has 2 aromatic heterocycles. The number of H-pyrrole nitrogens is 1. The van der Waals surface area contributed by atoms with Crippen LogP contribution < -0.4 is 44.9 Å². The van der Waals surface area contributed by atoms with Gasteiger partial charge in [-0.1, -0.05) is 48.0 Å². The Balaban J connectivity index is 0.479. The molecule has 0 saturated carbocycles. The maximum atomic E-state index is 13.8. The fraction of sp³-hybridized carbons (Fsp3) is 0.420. The molecule has 5 aromatic carbocycles. The molecule has 21 nitrogen and oxygen atoms in total. The van der Waals surface area contributed by atoms with Crippen LogP contribution in [0.5, 0.6) is 23.3 Å². The molecule has 7 aliphatic rings. The van der Waals surface area contributed by atoms with E-state index >= 15 is 0 Å². The van der Waals surface area contributed by atoms with E-state index in [1.165, 1.54) is 33.3 Å². The minimum atomic E-state index is -1.05. The summed E-state index contributed by atoms with van der Waals surface area (Å²) < 4.78 is 55.4. The number of aliphatic hydroxyl groups excluding tert-OH is 1. The molecular formula is C69H73ClN7O14+. The number of nitrogens with one attached hydrogen (secondary N) is 3. The third-order valence-corrected chi connectivity index (χ3v) is 18.3. The number of aliphatic hydroxyl groups is 1. The maximum Gasteiger partial charge on any atom is 0.336 e. The van der Waals surface area contributed by atoms with E-state index in [9.17, 15) is 24.6 Å². The van der Waals surface area contributed by atoms with Gasteiger partial charge in [-0.25, -0.2) is 14.4 Å². The molecule has 0 unspecified atom stereocenters. The van der Waals surface area contributed by atoms with Gasteiger partial charge in [0, 0.05) is 76.8 Å². The number of nitrogens with zero attached hydrogens (tertiary/aromatic N) is 4. The van der Waals surface area contributed by atoms with Crippen LogP contribution in [0.25, 0.3) is 39.1 Å². The number of aromatic carboxylic acids is 1. The van der Waals surface area contributed by atoms with Crippen molar-refractivity contribution in [1.82, 2.24) is 30.2 Å². The number of hydrogen-bond donors (Lipinski definition) is 5. The Hall–Kier alpha value is -7.99. The number of pyridine rings is 1. The van der Waals surface area contributed by atoms with Crippen molar-refractivity contribution in [2.45, 2.75) is 75.8 Å². The first kappa shape index (κ1) is 60.6. The summed E-state index contributed by atoms with van der Waals surface area (Å²) in [5.41, 5.74) is 13.5. The van der Waals surface area contributed by atoms with Crippen molar-refractivity contribution in [3.05, 3.63) is 145 Å². The van der Waals surface area contributed by atoms with Crippen molar-refractivity contribution in [3.8, 4) is 45.6 Å². The highest BCUT2D eigenvalue weighted by atomic mass is 35.5. The van der Waals surface area contributed by atoms with Crippen LogP contribution >= 0.6 is 11.6 Å². The van der Waals surface area contributed by atoms with Gasteiger partial charge >= 0.3 is 5.97 Å². The first-order valence-electron chi connectivity index (χ1n) is 31.7. The third-order valence-electron chi connectivity index (χ3n) is 18.0. The fourth-order valence-corrected chi connectivity index (χ4v) is 14.1. The zero-order valence-corrected chi connectivity index (χ0v) is 51.3. The molecule has 4 atom stereocenters. The van der Waals surface area contributed by atoms with Gasteiger partial charge in [-0.3, -0.25) is 9.59 Å². The number of ether oxygens (including phenoxy) is 9. The lowest BCUT2D eigenvalue weighted by molar-refractivity contribution is -0.126. The maximum absolute atomic E-state index is 13.8. The molecule has 474 valence electrons. The summed E-state index contributed by atoms with van der Waals surface area (Å²) in [5, 5.41) is 29.2. The molecule has 22 heteroatoms. The second kappa shape index (κ2) is 27.1. The Morgan fingerprint density at radius 2 is 1.38 bits per heavy atom. The van der Waals surface area contributed by atoms with Crippen molar-refractivity contribution in [2.75, 3.05) is 117 Å². The Bertz CT molecular complexity index is 4040. The molecule has 2 fully saturated rings. The van der Waals surface area contributed by atoms with Crippen molar-refractivity contribution in [2.24, 2.45) is 0 Å². The number of aromatic nitrogens is 3. The van der Waals surface area contributed by atoms with Gasteiger partial charge in [-0.05, 0) is 109 Å². The zero-order valence-electron chi connectivity index (χ0n) is 50.5. The predicted molar refractivity (Wildman–Crippen MR) is 337 cm³/mol. The number of rotatable bonds is 25. The summed E-state index contributed by atoms with van der Waals surface area (Å²) in [4.78, 5) is 54.3. The number of hydrogen-bond acceptors (Lipinski definition) is 16. The van der Waals surface area contributed by atoms with Gasteiger partial charge in [0.25, 0.3) is 11.9 Å². The number of anilines is 1. The smallest absolute Gasteiger partial charge is 0.336 e. The number of halogens is 1. The minimum absolute atomic E-state index is 0.110. The lowest BCUT2D eigenvalue weighted by Gasteiger charge is -2.39. The Kier molecular flexibility index (Phi) is 18.0. The van der Waals surface area contributed by atoms with E-state index in [2.05, 4.69) is 42.2 Å². The molecule has 91 heavy (non-hydrogen) atoms. The van der Waals surface area contributed by atoms with E-state index in [1.807, 2.05) is 48.5 Å². The van der Waals surface area contributed by atoms with Crippen LogP contribution in [0.1, 0.15) is 79.8 Å². The van der Waals surface area contributed by atoms with E-state index in [0.29, 0.717) is 78.3 Å². The minimum Gasteiger partial charge on any atom is -0.492 e. The number of aromatic amines is 1. The normalized spacial score (nSPS) is 19.3. The molecule has 7 aromatic rings. The lowest BCUT2D eigenvalue weighted by Crippen LogP contribution is -2.45. The molecule has 0 bridgehead atoms. The van der Waals surface area contributed by atoms with Crippen LogP contribution in [0.3, 0.4) is 0 Å². The van der Waals surface area contributed by atoms with Gasteiger partial charge in [0.05, 0.1) is 93.4 Å². The van der Waals surface area contributed by atoms with Gasteiger partial charge < -0.3 is 73.4 Å². The van der Waals surface area contributed by atoms with Gasteiger partial charge in [0.2, 0.25) is 11.3 Å². The van der Waals surface area contributed by atoms with Crippen molar-refractivity contribution in [1.29, 1.82) is 0 Å². The van der Waals surface area contributed by atoms with E-state index in [-0.39, 0.29) is 75.7 Å². The van der Waals surface area contributed by atoms with Crippen molar-refractivity contribution in [3.63, 3.8) is 0 Å². The van der Waals surface area contributed by atoms with Crippen molar-refractivity contribution < 1.29 is 67.2 Å². The number of carboxylic acid groups (broad SMARTS) is 1. The number of carboxylic acids is 1. The molecule has 9 heterocycles. The standard InChI is InChI=1S/C69H72ClN7O14/c70-53-36-54-66(75-69(73-54)90-56-38-89-64-55(78)37-88-65(56)64)74-59(53)42-11-9-40(10-12-42)41-13-16-46(17-14-41)87-26-20-71-57(79)39-86-32-31-85-30-29-84-28-27-83-25-19-72-67(80)45-15-18-47(68(81)82)50(35-45)58-51-33-43-5-1-21-76-23-3-7-48(60(43)76)62(51)91-63-49-8-4-24-77-22-2-6-44(61(49)77)34-52(58)63/h9-18,33-36,55-56,64-65,78H,1-8,19-32,37-39H2,(H3-,71,72,73,74,75,79,80,81,82)/p+1/t55-,56-,64-,65-/m1/s1. The number of carbonyl (C=O) groups excluding carboxylic acids is 2. The summed E-state index contributed by atoms with van der Waals surface area (Å²) in [7, 11) is 0. The van der Waals surface area contributed by atoms with Gasteiger partial charge in [0.1, 0.15) is 61.9 Å². The van der Waals surface area contributed by atoms with E-state index in [4.69, 9.17) is 59.2 Å². The van der Waals surface area contributed by atoms with E-state index < -0.39 is 24.3 Å². The SMILES string of the molecule is O=C(COCCOCCOCCOCCNC(=O)c1ccc(C(=O)O)c(C2=c3cc4c5c(c3Oc3c2cc2c6c3CCCN6CCC2)CCC[N+]=5CCC4)c1)NCCOc1ccc(-c2ccc(-c3nc4nc(O[C@@H]5CO[C@H]6[C@@H]5OC[C@H]6O)[nH]c4cc3Cl)cc2)cc1. The zero-order chi connectivity index (χ0) is 62.0. The van der Waals surface area contributed by atoms with Crippen LogP contribution in [-0.2, 0) is 58.9 Å². The second-order valence-corrected chi connectivity index (χ2v) is 24.3. The number of imidazole rings is 1. The second-order valence-electron chi connectivity index (χ2n) is 23.9. The Labute approximate surface area is 530 Å². The third kappa shape index (κ3) is 12.7. The summed E-state index contributed by atoms with van der Waals surface area (Å²) in [6, 6.07) is 27.0. The Morgan fingerprint density at radius 3 is 2.18 bits per heavy atom. The topological polar surface area (TPSA) is 247 Å². The number of amides is 2. The molecule has 0 radical (unpaired) electrons. The molecule has 14 rings (SSSR count). The van der Waals surface area contributed by atoms with E-state index in [1.54, 1.807) is 24.3 Å². The average molecular weight is 1260 g/mol. The first-order valence-corrected chi connectivity index (χ1v) is 32.1. The monoisotopic (exact) mass is 1260 g/mol. The van der Waals surface area contributed by atoms with E-state index in [0.717, 1.165) is 122 Å². The van der Waals surface area contributed by atoms with Crippen LogP contribution in [0.15, 0.2) is 84.9 Å². The van der Waals surface area contributed by atoms with Crippen molar-refractivity contribution >= 4 is 51.8 Å². The predicted octanol–water partition coefficient (Wildman–Crippen LogP) is 5.98. The van der Waals surface area contributed by atoms with Crippen LogP contribution in [0, 0.1) is 0 Å². The summed E-state index contributed by atoms with van der Waals surface area (Å²) >= 11 is 6.70. The number of carbonyl (C=O) groups is 3. The molecule has 7 aliphatic heterocycles. The molecule has 0 aliphatic carbocycles. The number of fused-ring (bicyclic) bond motifs is 6. The van der Waals surface area contributed by atoms with Crippen LogP contribution in [0.2, 0.25) is 5.02 Å². The molecular weight excluding hydrogens is 1190 g/mol. The molecule has 5 N–H and O–H groups in total. The van der Waals surface area contributed by atoms with Crippen LogP contribution in [-0.4, -0.2) is 179 Å². The molecule has 2 amide bonds.